The molecule has 0 fully saturated rings. The van der Waals surface area contributed by atoms with Crippen LogP contribution in [0.25, 0.3) is 0 Å². The molecule has 0 spiro atoms. The van der Waals surface area contributed by atoms with E-state index in [9.17, 15) is 4.79 Å². The van der Waals surface area contributed by atoms with Gasteiger partial charge in [0.2, 0.25) is 5.91 Å². The number of pyridine rings is 1. The second-order valence-electron chi connectivity index (χ2n) is 3.84. The maximum absolute atomic E-state index is 11.5. The molecule has 6 heteroatoms. The topological polar surface area (TPSA) is 74.6 Å². The van der Waals surface area contributed by atoms with Gasteiger partial charge < -0.3 is 5.11 Å². The molecule has 0 aliphatic heterocycles. The summed E-state index contributed by atoms with van der Waals surface area (Å²) in [4.78, 5) is 15.7. The Bertz CT molecular complexity index is 585. The predicted octanol–water partition coefficient (Wildman–Crippen LogP) is 2.03. The van der Waals surface area contributed by atoms with Crippen molar-refractivity contribution in [2.24, 2.45) is 5.10 Å². The highest BCUT2D eigenvalue weighted by Crippen LogP contribution is 2.13. The average Bonchev–Trinajstić information content (AvgIpc) is 2.48. The summed E-state index contributed by atoms with van der Waals surface area (Å²) >= 11 is 1.35. The van der Waals surface area contributed by atoms with Crippen LogP contribution in [0.1, 0.15) is 5.56 Å². The minimum Gasteiger partial charge on any atom is -0.508 e. The van der Waals surface area contributed by atoms with Crippen molar-refractivity contribution in [3.05, 3.63) is 54.2 Å². The summed E-state index contributed by atoms with van der Waals surface area (Å²) in [5.41, 5.74) is 3.23. The highest BCUT2D eigenvalue weighted by Gasteiger charge is 2.01. The van der Waals surface area contributed by atoms with E-state index in [0.717, 1.165) is 10.6 Å². The van der Waals surface area contributed by atoms with Crippen LogP contribution in [0.2, 0.25) is 0 Å². The van der Waals surface area contributed by atoms with E-state index < -0.39 is 0 Å². The highest BCUT2D eigenvalue weighted by atomic mass is 32.2. The molecule has 0 bridgehead atoms. The fourth-order valence-electron chi connectivity index (χ4n) is 1.34. The number of hydrogen-bond donors (Lipinski definition) is 2. The average molecular weight is 287 g/mol. The van der Waals surface area contributed by atoms with Gasteiger partial charge in [0, 0.05) is 6.20 Å². The third-order valence-corrected chi connectivity index (χ3v) is 3.23. The van der Waals surface area contributed by atoms with Gasteiger partial charge in [-0.1, -0.05) is 17.8 Å². The van der Waals surface area contributed by atoms with Crippen LogP contribution in [0.3, 0.4) is 0 Å². The van der Waals surface area contributed by atoms with Crippen LogP contribution >= 0.6 is 11.8 Å². The fourth-order valence-corrected chi connectivity index (χ4v) is 2.00. The number of benzene rings is 1. The Balaban J connectivity index is 1.76. The van der Waals surface area contributed by atoms with E-state index in [1.165, 1.54) is 18.0 Å². The van der Waals surface area contributed by atoms with E-state index in [4.69, 9.17) is 5.11 Å². The highest BCUT2D eigenvalue weighted by molar-refractivity contribution is 7.99. The number of amides is 1. The number of thioether (sulfide) groups is 1. The SMILES string of the molecule is O=C(CSc1ccccn1)N/N=C\c1ccc(O)cc1. The molecule has 0 saturated carbocycles. The number of aromatic hydroxyl groups is 1. The minimum atomic E-state index is -0.198. The Kier molecular flexibility index (Phi) is 5.14. The molecule has 20 heavy (non-hydrogen) atoms. The second kappa shape index (κ2) is 7.30. The normalized spacial score (nSPS) is 10.6. The zero-order chi connectivity index (χ0) is 14.2. The molecule has 1 aromatic carbocycles. The molecule has 5 nitrogen and oxygen atoms in total. The van der Waals surface area contributed by atoms with Crippen molar-refractivity contribution in [3.63, 3.8) is 0 Å². The van der Waals surface area contributed by atoms with Crippen LogP contribution in [-0.4, -0.2) is 28.0 Å². The molecule has 102 valence electrons. The molecule has 0 aliphatic rings. The zero-order valence-electron chi connectivity index (χ0n) is 10.6. The van der Waals surface area contributed by atoms with E-state index in [0.29, 0.717) is 0 Å². The van der Waals surface area contributed by atoms with Gasteiger partial charge in [-0.05, 0) is 42.0 Å². The monoisotopic (exact) mass is 287 g/mol. The van der Waals surface area contributed by atoms with Crippen molar-refractivity contribution in [1.29, 1.82) is 0 Å². The molecule has 2 rings (SSSR count). The molecule has 0 aliphatic carbocycles. The number of hydrazone groups is 1. The number of rotatable bonds is 5. The lowest BCUT2D eigenvalue weighted by atomic mass is 10.2. The Labute approximate surface area is 120 Å². The summed E-state index contributed by atoms with van der Waals surface area (Å²) in [6.45, 7) is 0. The van der Waals surface area contributed by atoms with Crippen molar-refractivity contribution >= 4 is 23.9 Å². The van der Waals surface area contributed by atoms with Gasteiger partial charge >= 0.3 is 0 Å². The summed E-state index contributed by atoms with van der Waals surface area (Å²) in [6, 6.07) is 12.1. The summed E-state index contributed by atoms with van der Waals surface area (Å²) in [5, 5.41) is 13.8. The predicted molar refractivity (Wildman–Crippen MR) is 78.8 cm³/mol. The largest absolute Gasteiger partial charge is 0.508 e. The lowest BCUT2D eigenvalue weighted by molar-refractivity contribution is -0.118. The van der Waals surface area contributed by atoms with Gasteiger partial charge in [0.1, 0.15) is 5.75 Å². The van der Waals surface area contributed by atoms with Gasteiger partial charge in [-0.15, -0.1) is 0 Å². The second-order valence-corrected chi connectivity index (χ2v) is 4.84. The van der Waals surface area contributed by atoms with Crippen molar-refractivity contribution in [3.8, 4) is 5.75 Å². The molecule has 1 amide bonds. The number of phenolic OH excluding ortho intramolecular Hbond substituents is 1. The Morgan fingerprint density at radius 1 is 1.30 bits per heavy atom. The van der Waals surface area contributed by atoms with E-state index in [1.54, 1.807) is 30.5 Å². The van der Waals surface area contributed by atoms with Crippen LogP contribution in [0.4, 0.5) is 0 Å². The van der Waals surface area contributed by atoms with E-state index >= 15 is 0 Å². The van der Waals surface area contributed by atoms with Crippen molar-refractivity contribution < 1.29 is 9.90 Å². The molecule has 2 N–H and O–H groups in total. The van der Waals surface area contributed by atoms with E-state index in [1.807, 2.05) is 18.2 Å². The molecule has 0 atom stereocenters. The number of hydrogen-bond acceptors (Lipinski definition) is 5. The number of phenols is 1. The number of aromatic nitrogens is 1. The molecule has 1 aromatic heterocycles. The molecule has 1 heterocycles. The number of carbonyl (C=O) groups is 1. The van der Waals surface area contributed by atoms with Crippen LogP contribution in [0.15, 0.2) is 58.8 Å². The molecular formula is C14H13N3O2S. The van der Waals surface area contributed by atoms with Gasteiger partial charge in [0.25, 0.3) is 0 Å². The van der Waals surface area contributed by atoms with Gasteiger partial charge in [-0.2, -0.15) is 5.10 Å². The molecule has 0 radical (unpaired) electrons. The first kappa shape index (κ1) is 14.1. The third kappa shape index (κ3) is 4.74. The lowest BCUT2D eigenvalue weighted by Gasteiger charge is -1.99. The van der Waals surface area contributed by atoms with Crippen LogP contribution in [-0.2, 0) is 4.79 Å². The summed E-state index contributed by atoms with van der Waals surface area (Å²) in [6.07, 6.45) is 3.20. The zero-order valence-corrected chi connectivity index (χ0v) is 11.4. The van der Waals surface area contributed by atoms with Gasteiger partial charge in [-0.3, -0.25) is 4.79 Å². The standard InChI is InChI=1S/C14H13N3O2S/c18-12-6-4-11(5-7-12)9-16-17-13(19)10-20-14-3-1-2-8-15-14/h1-9,18H,10H2,(H,17,19)/b16-9-. The first-order chi connectivity index (χ1) is 9.74. The van der Waals surface area contributed by atoms with Crippen molar-refractivity contribution in [1.82, 2.24) is 10.4 Å². The van der Waals surface area contributed by atoms with Crippen molar-refractivity contribution in [2.75, 3.05) is 5.75 Å². The van der Waals surface area contributed by atoms with Gasteiger partial charge in [-0.25, -0.2) is 10.4 Å². The van der Waals surface area contributed by atoms with Crippen LogP contribution in [0, 0.1) is 0 Å². The third-order valence-electron chi connectivity index (χ3n) is 2.28. The van der Waals surface area contributed by atoms with Crippen molar-refractivity contribution in [2.45, 2.75) is 5.03 Å². The quantitative estimate of drug-likeness (QED) is 0.501. The first-order valence-corrected chi connectivity index (χ1v) is 6.87. The summed E-state index contributed by atoms with van der Waals surface area (Å²) in [7, 11) is 0. The molecule has 0 unspecified atom stereocenters. The molecule has 2 aromatic rings. The number of nitrogens with one attached hydrogen (secondary N) is 1. The summed E-state index contributed by atoms with van der Waals surface area (Å²) < 4.78 is 0. The molecule has 0 saturated heterocycles. The Morgan fingerprint density at radius 2 is 2.10 bits per heavy atom. The van der Waals surface area contributed by atoms with Crippen LogP contribution < -0.4 is 5.43 Å². The van der Waals surface area contributed by atoms with Crippen LogP contribution in [0.5, 0.6) is 5.75 Å². The fraction of sp³-hybridized carbons (Fsp3) is 0.0714. The minimum absolute atomic E-state index is 0.193. The maximum Gasteiger partial charge on any atom is 0.250 e. The van der Waals surface area contributed by atoms with Gasteiger partial charge in [0.05, 0.1) is 17.0 Å². The maximum atomic E-state index is 11.5. The van der Waals surface area contributed by atoms with E-state index in [-0.39, 0.29) is 17.4 Å². The first-order valence-electron chi connectivity index (χ1n) is 5.89. The Hall–Kier alpha value is -2.34. The van der Waals surface area contributed by atoms with Gasteiger partial charge in [0.15, 0.2) is 0 Å². The number of carbonyl (C=O) groups excluding carboxylic acids is 1. The smallest absolute Gasteiger partial charge is 0.250 e. The number of nitrogens with zero attached hydrogens (tertiary/aromatic N) is 2. The summed E-state index contributed by atoms with van der Waals surface area (Å²) in [5.74, 6) is 0.248. The lowest BCUT2D eigenvalue weighted by Crippen LogP contribution is -2.19. The van der Waals surface area contributed by atoms with E-state index in [2.05, 4.69) is 15.5 Å². The Morgan fingerprint density at radius 3 is 2.80 bits per heavy atom. The molecular weight excluding hydrogens is 274 g/mol.